The number of benzene rings is 1. The Morgan fingerprint density at radius 2 is 2.06 bits per heavy atom. The normalized spacial score (nSPS) is 18.8. The van der Waals surface area contributed by atoms with Crippen LogP contribution in [0.2, 0.25) is 5.02 Å². The molecule has 0 bridgehead atoms. The van der Waals surface area contributed by atoms with E-state index in [1.165, 1.54) is 47.5 Å². The van der Waals surface area contributed by atoms with Gasteiger partial charge in [0.1, 0.15) is 5.84 Å². The van der Waals surface area contributed by atoms with Gasteiger partial charge in [-0.3, -0.25) is 0 Å². The number of rotatable bonds is 0. The Labute approximate surface area is 114 Å². The second-order valence-electron chi connectivity index (χ2n) is 5.39. The number of amidine groups is 1. The summed E-state index contributed by atoms with van der Waals surface area (Å²) in [6.07, 6.45) is 5.01. The molecule has 0 saturated carbocycles. The molecule has 2 aliphatic rings. The molecule has 2 aliphatic heterocycles. The lowest BCUT2D eigenvalue weighted by Crippen LogP contribution is -2.32. The molecule has 0 N–H and O–H groups in total. The fraction of sp³-hybridized carbons (Fsp3) is 0.533. The molecule has 0 amide bonds. The molecule has 1 aromatic rings. The van der Waals surface area contributed by atoms with E-state index in [2.05, 4.69) is 18.7 Å². The summed E-state index contributed by atoms with van der Waals surface area (Å²) in [7, 11) is 0. The van der Waals surface area contributed by atoms with E-state index in [1.807, 2.05) is 6.07 Å². The third kappa shape index (κ3) is 1.93. The maximum atomic E-state index is 6.29. The summed E-state index contributed by atoms with van der Waals surface area (Å²) in [6, 6.07) is 2.05. The molecule has 0 aliphatic carbocycles. The quantitative estimate of drug-likeness (QED) is 0.678. The zero-order valence-corrected chi connectivity index (χ0v) is 11.8. The van der Waals surface area contributed by atoms with E-state index in [0.29, 0.717) is 0 Å². The molecule has 1 aromatic carbocycles. The largest absolute Gasteiger partial charge is 0.356 e. The van der Waals surface area contributed by atoms with Crippen LogP contribution in [0.25, 0.3) is 0 Å². The fourth-order valence-electron chi connectivity index (χ4n) is 2.94. The lowest BCUT2D eigenvalue weighted by Gasteiger charge is -2.31. The maximum absolute atomic E-state index is 6.29. The number of aryl methyl sites for hydroxylation is 1. The Bertz CT molecular complexity index is 520. The lowest BCUT2D eigenvalue weighted by molar-refractivity contribution is 0.402. The average Bonchev–Trinajstić information content (AvgIpc) is 2.59. The van der Waals surface area contributed by atoms with Crippen LogP contribution in [-0.2, 0) is 6.54 Å². The van der Waals surface area contributed by atoms with Crippen molar-refractivity contribution in [3.8, 4) is 0 Å². The number of hydrogen-bond donors (Lipinski definition) is 0. The van der Waals surface area contributed by atoms with Crippen LogP contribution in [0.4, 0.5) is 5.69 Å². The minimum Gasteiger partial charge on any atom is -0.356 e. The molecular weight excluding hydrogens is 244 g/mol. The monoisotopic (exact) mass is 262 g/mol. The first-order valence-electron chi connectivity index (χ1n) is 6.78. The Kier molecular flexibility index (Phi) is 3.06. The molecule has 0 unspecified atom stereocenters. The summed E-state index contributed by atoms with van der Waals surface area (Å²) < 4.78 is 0. The van der Waals surface area contributed by atoms with Gasteiger partial charge < -0.3 is 4.90 Å². The van der Waals surface area contributed by atoms with Gasteiger partial charge in [-0.25, -0.2) is 4.99 Å². The second-order valence-corrected chi connectivity index (χ2v) is 5.79. The highest BCUT2D eigenvalue weighted by atomic mass is 35.5. The standard InChI is InChI=1S/C15H19ClN2/c1-10-8-13(16)11(2)12-9-18-7-5-3-4-6-14(18)17-15(10)12/h8H,3-7,9H2,1-2H3. The molecule has 0 spiro atoms. The van der Waals surface area contributed by atoms with E-state index in [-0.39, 0.29) is 0 Å². The van der Waals surface area contributed by atoms with E-state index in [1.54, 1.807) is 0 Å². The van der Waals surface area contributed by atoms with Gasteiger partial charge in [-0.05, 0) is 43.9 Å². The van der Waals surface area contributed by atoms with Gasteiger partial charge in [0, 0.05) is 30.1 Å². The smallest absolute Gasteiger partial charge is 0.105 e. The number of halogens is 1. The van der Waals surface area contributed by atoms with Gasteiger partial charge >= 0.3 is 0 Å². The SMILES string of the molecule is Cc1cc(Cl)c(C)c2c1N=C1CCCCCN1C2. The highest BCUT2D eigenvalue weighted by Gasteiger charge is 2.24. The predicted molar refractivity (Wildman–Crippen MR) is 76.9 cm³/mol. The van der Waals surface area contributed by atoms with E-state index in [0.717, 1.165) is 24.5 Å². The van der Waals surface area contributed by atoms with Gasteiger partial charge in [0.25, 0.3) is 0 Å². The van der Waals surface area contributed by atoms with Crippen LogP contribution in [0.15, 0.2) is 11.1 Å². The topological polar surface area (TPSA) is 15.6 Å². The Balaban J connectivity index is 2.11. The highest BCUT2D eigenvalue weighted by molar-refractivity contribution is 6.31. The molecule has 0 atom stereocenters. The van der Waals surface area contributed by atoms with Crippen LogP contribution < -0.4 is 0 Å². The van der Waals surface area contributed by atoms with Crippen molar-refractivity contribution in [3.05, 3.63) is 27.8 Å². The van der Waals surface area contributed by atoms with Gasteiger partial charge in [-0.2, -0.15) is 0 Å². The minimum atomic E-state index is 0.875. The molecule has 3 rings (SSSR count). The van der Waals surface area contributed by atoms with Crippen molar-refractivity contribution in [3.63, 3.8) is 0 Å². The summed E-state index contributed by atoms with van der Waals surface area (Å²) in [4.78, 5) is 7.36. The highest BCUT2D eigenvalue weighted by Crippen LogP contribution is 2.37. The molecule has 0 radical (unpaired) electrons. The maximum Gasteiger partial charge on any atom is 0.105 e. The van der Waals surface area contributed by atoms with Crippen molar-refractivity contribution < 1.29 is 0 Å². The zero-order valence-electron chi connectivity index (χ0n) is 11.1. The van der Waals surface area contributed by atoms with Crippen molar-refractivity contribution in [2.45, 2.75) is 46.1 Å². The van der Waals surface area contributed by atoms with Crippen LogP contribution in [0.5, 0.6) is 0 Å². The van der Waals surface area contributed by atoms with Gasteiger partial charge in [-0.15, -0.1) is 0 Å². The van der Waals surface area contributed by atoms with Crippen LogP contribution in [0.1, 0.15) is 42.4 Å². The third-order valence-electron chi connectivity index (χ3n) is 4.10. The lowest BCUT2D eigenvalue weighted by atomic mass is 10.00. The van der Waals surface area contributed by atoms with Crippen LogP contribution >= 0.6 is 11.6 Å². The third-order valence-corrected chi connectivity index (χ3v) is 4.49. The first-order chi connectivity index (χ1) is 8.66. The van der Waals surface area contributed by atoms with E-state index < -0.39 is 0 Å². The zero-order chi connectivity index (χ0) is 12.7. The number of hydrogen-bond acceptors (Lipinski definition) is 2. The molecule has 18 heavy (non-hydrogen) atoms. The van der Waals surface area contributed by atoms with E-state index >= 15 is 0 Å². The van der Waals surface area contributed by atoms with Gasteiger partial charge in [-0.1, -0.05) is 18.0 Å². The number of aliphatic imine (C=N–C) groups is 1. The summed E-state index contributed by atoms with van der Waals surface area (Å²) in [5.74, 6) is 1.28. The molecule has 0 aromatic heterocycles. The summed E-state index contributed by atoms with van der Waals surface area (Å²) in [5, 5.41) is 0.875. The molecule has 1 saturated heterocycles. The molecule has 96 valence electrons. The second kappa shape index (κ2) is 4.58. The Morgan fingerprint density at radius 1 is 1.22 bits per heavy atom. The van der Waals surface area contributed by atoms with Crippen molar-refractivity contribution in [1.29, 1.82) is 0 Å². The predicted octanol–water partition coefficient (Wildman–Crippen LogP) is 4.38. The molecular formula is C15H19ClN2. The molecule has 2 nitrogen and oxygen atoms in total. The van der Waals surface area contributed by atoms with Gasteiger partial charge in [0.2, 0.25) is 0 Å². The Morgan fingerprint density at radius 3 is 2.89 bits per heavy atom. The first-order valence-corrected chi connectivity index (χ1v) is 7.15. The Hall–Kier alpha value is -1.02. The fourth-order valence-corrected chi connectivity index (χ4v) is 3.22. The van der Waals surface area contributed by atoms with Crippen molar-refractivity contribution in [2.24, 2.45) is 4.99 Å². The van der Waals surface area contributed by atoms with Gasteiger partial charge in [0.15, 0.2) is 0 Å². The summed E-state index contributed by atoms with van der Waals surface area (Å²) in [5.41, 5.74) is 4.90. The van der Waals surface area contributed by atoms with E-state index in [4.69, 9.17) is 16.6 Å². The number of nitrogens with zero attached hydrogens (tertiary/aromatic N) is 2. The van der Waals surface area contributed by atoms with E-state index in [9.17, 15) is 0 Å². The van der Waals surface area contributed by atoms with Gasteiger partial charge in [0.05, 0.1) is 5.69 Å². The first kappa shape index (κ1) is 12.0. The van der Waals surface area contributed by atoms with Crippen molar-refractivity contribution in [2.75, 3.05) is 6.54 Å². The summed E-state index contributed by atoms with van der Waals surface area (Å²) in [6.45, 7) is 6.35. The number of fused-ring (bicyclic) bond motifs is 2. The average molecular weight is 263 g/mol. The molecule has 2 heterocycles. The molecule has 3 heteroatoms. The van der Waals surface area contributed by atoms with Crippen molar-refractivity contribution in [1.82, 2.24) is 4.90 Å². The van der Waals surface area contributed by atoms with Crippen LogP contribution in [0.3, 0.4) is 0 Å². The summed E-state index contributed by atoms with van der Waals surface area (Å²) >= 11 is 6.29. The minimum absolute atomic E-state index is 0.875. The molecule has 1 fully saturated rings. The van der Waals surface area contributed by atoms with Crippen LogP contribution in [-0.4, -0.2) is 17.3 Å². The van der Waals surface area contributed by atoms with Crippen LogP contribution in [0, 0.1) is 13.8 Å². The van der Waals surface area contributed by atoms with Crippen molar-refractivity contribution >= 4 is 23.1 Å².